The fourth-order valence-electron chi connectivity index (χ4n) is 1.82. The number of nitrogens with one attached hydrogen (secondary N) is 1. The second-order valence-corrected chi connectivity index (χ2v) is 5.68. The maximum absolute atomic E-state index is 11.8. The highest BCUT2D eigenvalue weighted by atomic mass is 16.1. The quantitative estimate of drug-likeness (QED) is 0.653. The molecule has 0 fully saturated rings. The zero-order valence-electron chi connectivity index (χ0n) is 12.0. The minimum Gasteiger partial charge on any atom is -0.353 e. The zero-order valence-corrected chi connectivity index (χ0v) is 12.0. The van der Waals surface area contributed by atoms with Crippen molar-refractivity contribution in [1.29, 1.82) is 0 Å². The molecule has 0 aliphatic carbocycles. The third-order valence-electron chi connectivity index (χ3n) is 2.90. The molecule has 0 aliphatic rings. The van der Waals surface area contributed by atoms with Crippen LogP contribution in [0.5, 0.6) is 0 Å². The molecular formula is C14H30N2O. The Morgan fingerprint density at radius 1 is 1.24 bits per heavy atom. The molecule has 0 heterocycles. The molecule has 0 saturated carbocycles. The summed E-state index contributed by atoms with van der Waals surface area (Å²) >= 11 is 0. The molecule has 1 amide bonds. The van der Waals surface area contributed by atoms with Gasteiger partial charge in [-0.3, -0.25) is 4.79 Å². The minimum absolute atomic E-state index is 0.151. The Morgan fingerprint density at radius 3 is 2.35 bits per heavy atom. The molecule has 0 radical (unpaired) electrons. The lowest BCUT2D eigenvalue weighted by Crippen LogP contribution is -2.38. The van der Waals surface area contributed by atoms with E-state index in [-0.39, 0.29) is 11.4 Å². The number of carbonyl (C=O) groups is 1. The van der Waals surface area contributed by atoms with E-state index in [9.17, 15) is 4.79 Å². The fraction of sp³-hybridized carbons (Fsp3) is 0.929. The van der Waals surface area contributed by atoms with Gasteiger partial charge in [0.15, 0.2) is 0 Å². The summed E-state index contributed by atoms with van der Waals surface area (Å²) in [7, 11) is 0. The van der Waals surface area contributed by atoms with Gasteiger partial charge in [-0.1, -0.05) is 33.1 Å². The van der Waals surface area contributed by atoms with E-state index in [0.717, 1.165) is 25.7 Å². The van der Waals surface area contributed by atoms with Crippen LogP contribution in [0.3, 0.4) is 0 Å². The van der Waals surface area contributed by atoms with Gasteiger partial charge in [0.2, 0.25) is 5.91 Å². The molecule has 0 bridgehead atoms. The Bertz CT molecular complexity index is 209. The predicted molar refractivity (Wildman–Crippen MR) is 73.9 cm³/mol. The molecule has 0 aromatic heterocycles. The first-order valence-electron chi connectivity index (χ1n) is 6.97. The fourth-order valence-corrected chi connectivity index (χ4v) is 1.82. The number of hydrogen-bond donors (Lipinski definition) is 2. The second-order valence-electron chi connectivity index (χ2n) is 5.68. The van der Waals surface area contributed by atoms with Crippen molar-refractivity contribution < 1.29 is 4.79 Å². The van der Waals surface area contributed by atoms with Gasteiger partial charge in [0.25, 0.3) is 0 Å². The minimum atomic E-state index is -0.249. The van der Waals surface area contributed by atoms with Crippen LogP contribution in [0.2, 0.25) is 0 Å². The van der Waals surface area contributed by atoms with E-state index in [1.807, 2.05) is 13.8 Å². The lowest BCUT2D eigenvalue weighted by molar-refractivity contribution is -0.122. The highest BCUT2D eigenvalue weighted by Gasteiger charge is 2.15. The molecule has 0 aromatic rings. The lowest BCUT2D eigenvalue weighted by Gasteiger charge is -2.21. The van der Waals surface area contributed by atoms with Crippen LogP contribution in [-0.2, 0) is 4.79 Å². The number of unbranched alkanes of at least 4 members (excludes halogenated alkanes) is 1. The number of rotatable bonds is 9. The van der Waals surface area contributed by atoms with Crippen molar-refractivity contribution in [2.24, 2.45) is 5.73 Å². The standard InChI is InChI=1S/C14H30N2O/c1-5-7-9-12(8-6-2)16-13(17)10-11-14(3,4)15/h12H,5-11,15H2,1-4H3,(H,16,17). The van der Waals surface area contributed by atoms with Crippen LogP contribution in [0.4, 0.5) is 0 Å². The number of amides is 1. The number of carbonyl (C=O) groups excluding carboxylic acids is 1. The molecule has 3 heteroatoms. The van der Waals surface area contributed by atoms with E-state index in [1.165, 1.54) is 12.8 Å². The van der Waals surface area contributed by atoms with Crippen molar-refractivity contribution >= 4 is 5.91 Å². The predicted octanol–water partition coefficient (Wildman–Crippen LogP) is 2.98. The summed E-state index contributed by atoms with van der Waals surface area (Å²) in [5, 5.41) is 3.13. The Labute approximate surface area is 107 Å². The Balaban J connectivity index is 3.94. The molecule has 0 aromatic carbocycles. The van der Waals surface area contributed by atoms with Gasteiger partial charge in [0.05, 0.1) is 0 Å². The lowest BCUT2D eigenvalue weighted by atomic mass is 9.99. The molecule has 1 unspecified atom stereocenters. The third-order valence-corrected chi connectivity index (χ3v) is 2.90. The van der Waals surface area contributed by atoms with Crippen molar-refractivity contribution in [1.82, 2.24) is 5.32 Å². The molecule has 0 saturated heterocycles. The van der Waals surface area contributed by atoms with E-state index in [0.29, 0.717) is 12.5 Å². The van der Waals surface area contributed by atoms with Gasteiger partial charge >= 0.3 is 0 Å². The highest BCUT2D eigenvalue weighted by Crippen LogP contribution is 2.10. The summed E-state index contributed by atoms with van der Waals surface area (Å²) in [6.07, 6.45) is 6.96. The molecule has 1 atom stereocenters. The largest absolute Gasteiger partial charge is 0.353 e. The van der Waals surface area contributed by atoms with Crippen LogP contribution in [0.15, 0.2) is 0 Å². The summed E-state index contributed by atoms with van der Waals surface area (Å²) in [6, 6.07) is 0.355. The van der Waals surface area contributed by atoms with E-state index >= 15 is 0 Å². The smallest absolute Gasteiger partial charge is 0.220 e. The topological polar surface area (TPSA) is 55.1 Å². The monoisotopic (exact) mass is 242 g/mol. The number of nitrogens with two attached hydrogens (primary N) is 1. The van der Waals surface area contributed by atoms with E-state index in [4.69, 9.17) is 5.73 Å². The first-order valence-corrected chi connectivity index (χ1v) is 6.97. The van der Waals surface area contributed by atoms with E-state index < -0.39 is 0 Å². The Hall–Kier alpha value is -0.570. The normalized spacial score (nSPS) is 13.5. The first kappa shape index (κ1) is 16.4. The van der Waals surface area contributed by atoms with Gasteiger partial charge in [0.1, 0.15) is 0 Å². The van der Waals surface area contributed by atoms with Gasteiger partial charge in [-0.05, 0) is 33.1 Å². The van der Waals surface area contributed by atoms with Gasteiger partial charge in [-0.25, -0.2) is 0 Å². The van der Waals surface area contributed by atoms with Gasteiger partial charge < -0.3 is 11.1 Å². The number of hydrogen-bond acceptors (Lipinski definition) is 2. The summed E-state index contributed by atoms with van der Waals surface area (Å²) in [4.78, 5) is 11.8. The van der Waals surface area contributed by atoms with Gasteiger partial charge in [-0.15, -0.1) is 0 Å². The molecular weight excluding hydrogens is 212 g/mol. The van der Waals surface area contributed by atoms with Crippen LogP contribution in [0, 0.1) is 0 Å². The maximum Gasteiger partial charge on any atom is 0.220 e. The van der Waals surface area contributed by atoms with Gasteiger partial charge in [0, 0.05) is 18.0 Å². The highest BCUT2D eigenvalue weighted by molar-refractivity contribution is 5.76. The van der Waals surface area contributed by atoms with Crippen LogP contribution < -0.4 is 11.1 Å². The average molecular weight is 242 g/mol. The van der Waals surface area contributed by atoms with Crippen LogP contribution in [-0.4, -0.2) is 17.5 Å². The second kappa shape index (κ2) is 8.51. The molecule has 3 nitrogen and oxygen atoms in total. The summed E-state index contributed by atoms with van der Waals surface area (Å²) < 4.78 is 0. The van der Waals surface area contributed by atoms with Crippen LogP contribution in [0.1, 0.15) is 72.6 Å². The molecule has 17 heavy (non-hydrogen) atoms. The average Bonchev–Trinajstić information content (AvgIpc) is 2.22. The third kappa shape index (κ3) is 10.3. The van der Waals surface area contributed by atoms with Crippen molar-refractivity contribution in [2.45, 2.75) is 84.2 Å². The molecule has 0 aliphatic heterocycles. The Morgan fingerprint density at radius 2 is 1.88 bits per heavy atom. The van der Waals surface area contributed by atoms with E-state index in [2.05, 4.69) is 19.2 Å². The van der Waals surface area contributed by atoms with Crippen molar-refractivity contribution in [3.63, 3.8) is 0 Å². The van der Waals surface area contributed by atoms with Crippen LogP contribution in [0.25, 0.3) is 0 Å². The molecule has 3 N–H and O–H groups in total. The summed E-state index contributed by atoms with van der Waals surface area (Å²) in [5.74, 6) is 0.151. The molecule has 0 rings (SSSR count). The van der Waals surface area contributed by atoms with Crippen LogP contribution >= 0.6 is 0 Å². The SMILES string of the molecule is CCCCC(CCC)NC(=O)CCC(C)(C)N. The zero-order chi connectivity index (χ0) is 13.3. The first-order chi connectivity index (χ1) is 7.89. The molecule has 102 valence electrons. The van der Waals surface area contributed by atoms with Crippen molar-refractivity contribution in [3.05, 3.63) is 0 Å². The van der Waals surface area contributed by atoms with Gasteiger partial charge in [-0.2, -0.15) is 0 Å². The van der Waals surface area contributed by atoms with Crippen molar-refractivity contribution in [2.75, 3.05) is 0 Å². The summed E-state index contributed by atoms with van der Waals surface area (Å²) in [6.45, 7) is 8.26. The van der Waals surface area contributed by atoms with E-state index in [1.54, 1.807) is 0 Å². The summed E-state index contributed by atoms with van der Waals surface area (Å²) in [5.41, 5.74) is 5.62. The molecule has 0 spiro atoms. The maximum atomic E-state index is 11.8. The Kier molecular flexibility index (Phi) is 8.23. The van der Waals surface area contributed by atoms with Crippen molar-refractivity contribution in [3.8, 4) is 0 Å².